The van der Waals surface area contributed by atoms with Crippen molar-refractivity contribution in [2.24, 2.45) is 0 Å². The summed E-state index contributed by atoms with van der Waals surface area (Å²) in [7, 11) is 0. The molecule has 140 valence electrons. The first-order chi connectivity index (χ1) is 12.1. The molecule has 6 heteroatoms. The third-order valence-electron chi connectivity index (χ3n) is 4.55. The summed E-state index contributed by atoms with van der Waals surface area (Å²) in [6, 6.07) is 10.1. The van der Waals surface area contributed by atoms with Crippen LogP contribution in [0.4, 0.5) is 4.79 Å². The molecule has 0 bridgehead atoms. The molecule has 1 aromatic rings. The fraction of sp³-hybridized carbons (Fsp3) is 0.632. The van der Waals surface area contributed by atoms with Gasteiger partial charge in [0.15, 0.2) is 0 Å². The van der Waals surface area contributed by atoms with E-state index >= 15 is 0 Å². The topological polar surface area (TPSA) is 63.4 Å². The smallest absolute Gasteiger partial charge is 0.410 e. The van der Waals surface area contributed by atoms with E-state index in [2.05, 4.69) is 19.1 Å². The van der Waals surface area contributed by atoms with Gasteiger partial charge in [-0.3, -0.25) is 4.90 Å². The Morgan fingerprint density at radius 1 is 1.24 bits per heavy atom. The second-order valence-electron chi connectivity index (χ2n) is 6.43. The fourth-order valence-corrected chi connectivity index (χ4v) is 3.16. The monoisotopic (exact) mass is 351 g/mol. The predicted octanol–water partition coefficient (Wildman–Crippen LogP) is 0.872. The van der Waals surface area contributed by atoms with Crippen LogP contribution in [0.15, 0.2) is 30.3 Å². The summed E-state index contributed by atoms with van der Waals surface area (Å²) in [6.07, 6.45) is 0.162. The molecule has 1 aliphatic rings. The summed E-state index contributed by atoms with van der Waals surface area (Å²) in [5.74, 6) is 0. The summed E-state index contributed by atoms with van der Waals surface area (Å²) in [5, 5.41) is 10.3. The molecule has 1 aliphatic heterocycles. The first-order valence-corrected chi connectivity index (χ1v) is 9.23. The molecule has 0 radical (unpaired) electrons. The van der Waals surface area contributed by atoms with E-state index in [1.807, 2.05) is 25.1 Å². The molecule has 0 spiro atoms. The maximum absolute atomic E-state index is 11.7. The maximum Gasteiger partial charge on any atom is 0.410 e. The van der Waals surface area contributed by atoms with Crippen LogP contribution in [-0.4, -0.2) is 68.1 Å². The Morgan fingerprint density at radius 2 is 1.92 bits per heavy atom. The molecule has 1 saturated heterocycles. The molecular formula is C19H31N2O4+. The number of hydrogen-bond acceptors (Lipinski definition) is 4. The van der Waals surface area contributed by atoms with Crippen molar-refractivity contribution >= 4 is 6.09 Å². The van der Waals surface area contributed by atoms with Gasteiger partial charge < -0.3 is 19.5 Å². The Morgan fingerprint density at radius 3 is 2.52 bits per heavy atom. The molecule has 1 fully saturated rings. The van der Waals surface area contributed by atoms with Gasteiger partial charge in [0, 0.05) is 0 Å². The lowest BCUT2D eigenvalue weighted by Gasteiger charge is -2.32. The fourth-order valence-electron chi connectivity index (χ4n) is 3.16. The number of amides is 1. The zero-order valence-electron chi connectivity index (χ0n) is 15.3. The van der Waals surface area contributed by atoms with Gasteiger partial charge in [0.05, 0.1) is 45.5 Å². The number of carbonyl (C=O) groups is 1. The van der Waals surface area contributed by atoms with Gasteiger partial charge in [0.2, 0.25) is 0 Å². The van der Waals surface area contributed by atoms with Gasteiger partial charge in [-0.1, -0.05) is 37.3 Å². The third-order valence-corrected chi connectivity index (χ3v) is 4.55. The first-order valence-electron chi connectivity index (χ1n) is 9.23. The lowest BCUT2D eigenvalue weighted by atomic mass is 10.1. The van der Waals surface area contributed by atoms with Crippen LogP contribution in [0.3, 0.4) is 0 Å². The van der Waals surface area contributed by atoms with Gasteiger partial charge in [0.25, 0.3) is 0 Å². The second kappa shape index (κ2) is 10.4. The van der Waals surface area contributed by atoms with Crippen molar-refractivity contribution in [3.63, 3.8) is 0 Å². The summed E-state index contributed by atoms with van der Waals surface area (Å²) < 4.78 is 10.9. The van der Waals surface area contributed by atoms with E-state index in [0.29, 0.717) is 32.8 Å². The molecule has 0 aromatic heterocycles. The minimum Gasteiger partial charge on any atom is -0.450 e. The molecule has 2 N–H and O–H groups in total. The van der Waals surface area contributed by atoms with Crippen LogP contribution in [0.2, 0.25) is 0 Å². The van der Waals surface area contributed by atoms with Gasteiger partial charge in [-0.15, -0.1) is 0 Å². The molecule has 0 unspecified atom stereocenters. The standard InChI is InChI=1S/C19H30N2O4/c1-3-18(16-8-6-5-7-9-16)25-15-17(22)14-20-10-12-21(13-11-20)19(23)24-4-2/h5-9,17-18,22H,3-4,10-15H2,1-2H3/p+1/t17-,18-/m1/s1. The van der Waals surface area contributed by atoms with Crippen molar-refractivity contribution in [2.75, 3.05) is 45.9 Å². The van der Waals surface area contributed by atoms with Crippen LogP contribution >= 0.6 is 0 Å². The van der Waals surface area contributed by atoms with Gasteiger partial charge in [-0.25, -0.2) is 4.79 Å². The highest BCUT2D eigenvalue weighted by Gasteiger charge is 2.26. The number of benzene rings is 1. The molecule has 2 rings (SSSR count). The van der Waals surface area contributed by atoms with E-state index in [1.165, 1.54) is 4.90 Å². The molecule has 1 heterocycles. The van der Waals surface area contributed by atoms with Gasteiger partial charge in [0.1, 0.15) is 12.6 Å². The van der Waals surface area contributed by atoms with Crippen LogP contribution in [0.5, 0.6) is 0 Å². The zero-order valence-corrected chi connectivity index (χ0v) is 15.3. The first kappa shape index (κ1) is 19.7. The number of rotatable bonds is 8. The van der Waals surface area contributed by atoms with Crippen molar-refractivity contribution < 1.29 is 24.3 Å². The van der Waals surface area contributed by atoms with Crippen molar-refractivity contribution in [3.8, 4) is 0 Å². The Kier molecular flexibility index (Phi) is 8.18. The Balaban J connectivity index is 1.70. The van der Waals surface area contributed by atoms with Gasteiger partial charge in [-0.05, 0) is 18.9 Å². The molecule has 0 aliphatic carbocycles. The Bertz CT molecular complexity index is 503. The number of aliphatic hydroxyl groups excluding tert-OH is 1. The average molecular weight is 351 g/mol. The molecule has 0 saturated carbocycles. The number of ether oxygens (including phenoxy) is 2. The Labute approximate surface area is 150 Å². The lowest BCUT2D eigenvalue weighted by Crippen LogP contribution is -3.15. The van der Waals surface area contributed by atoms with E-state index in [-0.39, 0.29) is 12.2 Å². The number of quaternary nitrogens is 1. The number of nitrogens with one attached hydrogen (secondary N) is 1. The van der Waals surface area contributed by atoms with E-state index < -0.39 is 6.10 Å². The number of carbonyl (C=O) groups excluding carboxylic acids is 1. The Hall–Kier alpha value is -1.63. The SMILES string of the molecule is CCOC(=O)N1CC[NH+](C[C@@H](O)CO[C@H](CC)c2ccccc2)CC1. The summed E-state index contributed by atoms with van der Waals surface area (Å²) in [6.45, 7) is 8.27. The van der Waals surface area contributed by atoms with Crippen molar-refractivity contribution in [3.05, 3.63) is 35.9 Å². The van der Waals surface area contributed by atoms with E-state index in [0.717, 1.165) is 25.1 Å². The average Bonchev–Trinajstić information content (AvgIpc) is 2.64. The largest absolute Gasteiger partial charge is 0.450 e. The predicted molar refractivity (Wildman–Crippen MR) is 95.6 cm³/mol. The maximum atomic E-state index is 11.7. The molecular weight excluding hydrogens is 320 g/mol. The van der Waals surface area contributed by atoms with Crippen LogP contribution in [-0.2, 0) is 9.47 Å². The van der Waals surface area contributed by atoms with Crippen LogP contribution in [0.25, 0.3) is 0 Å². The second-order valence-corrected chi connectivity index (χ2v) is 6.43. The van der Waals surface area contributed by atoms with E-state index in [9.17, 15) is 9.90 Å². The zero-order chi connectivity index (χ0) is 18.1. The molecule has 6 nitrogen and oxygen atoms in total. The highest BCUT2D eigenvalue weighted by molar-refractivity contribution is 5.67. The molecule has 25 heavy (non-hydrogen) atoms. The van der Waals surface area contributed by atoms with Crippen molar-refractivity contribution in [2.45, 2.75) is 32.5 Å². The van der Waals surface area contributed by atoms with E-state index in [1.54, 1.807) is 4.90 Å². The normalized spacial score (nSPS) is 18.0. The number of piperazine rings is 1. The molecule has 1 aromatic carbocycles. The van der Waals surface area contributed by atoms with Crippen molar-refractivity contribution in [1.82, 2.24) is 4.90 Å². The van der Waals surface area contributed by atoms with E-state index in [4.69, 9.17) is 9.47 Å². The van der Waals surface area contributed by atoms with Crippen molar-refractivity contribution in [1.29, 1.82) is 0 Å². The summed E-state index contributed by atoms with van der Waals surface area (Å²) in [5.41, 5.74) is 1.15. The number of nitrogens with zero attached hydrogens (tertiary/aromatic N) is 1. The molecule has 2 atom stereocenters. The minimum absolute atomic E-state index is 0.0199. The highest BCUT2D eigenvalue weighted by Crippen LogP contribution is 2.20. The highest BCUT2D eigenvalue weighted by atomic mass is 16.6. The van der Waals surface area contributed by atoms with Crippen LogP contribution in [0.1, 0.15) is 31.9 Å². The quantitative estimate of drug-likeness (QED) is 0.730. The van der Waals surface area contributed by atoms with Crippen LogP contribution < -0.4 is 4.90 Å². The van der Waals surface area contributed by atoms with Crippen LogP contribution in [0, 0.1) is 0 Å². The number of aliphatic hydroxyl groups is 1. The molecule has 1 amide bonds. The van der Waals surface area contributed by atoms with Gasteiger partial charge >= 0.3 is 6.09 Å². The third kappa shape index (κ3) is 6.30. The summed E-state index contributed by atoms with van der Waals surface area (Å²) in [4.78, 5) is 14.7. The number of hydrogen-bond donors (Lipinski definition) is 2. The lowest BCUT2D eigenvalue weighted by molar-refractivity contribution is -0.907. The minimum atomic E-state index is -0.498. The summed E-state index contributed by atoms with van der Waals surface area (Å²) >= 11 is 0. The van der Waals surface area contributed by atoms with Gasteiger partial charge in [-0.2, -0.15) is 0 Å².